The summed E-state index contributed by atoms with van der Waals surface area (Å²) in [5.41, 5.74) is 3.05. The molecular weight excluding hydrogens is 282 g/mol. The molecule has 0 N–H and O–H groups in total. The predicted octanol–water partition coefficient (Wildman–Crippen LogP) is 4.27. The zero-order valence-electron chi connectivity index (χ0n) is 13.4. The Morgan fingerprint density at radius 2 is 1.43 bits per heavy atom. The first kappa shape index (κ1) is 14.5. The van der Waals surface area contributed by atoms with E-state index in [-0.39, 0.29) is 5.91 Å². The molecule has 2 heteroatoms. The molecule has 23 heavy (non-hydrogen) atoms. The van der Waals surface area contributed by atoms with Crippen LogP contribution in [0, 0.1) is 5.92 Å². The average molecular weight is 305 g/mol. The smallest absolute Gasteiger partial charge is 0.253 e. The topological polar surface area (TPSA) is 20.3 Å². The van der Waals surface area contributed by atoms with Crippen LogP contribution in [-0.4, -0.2) is 23.9 Å². The van der Waals surface area contributed by atoms with E-state index in [2.05, 4.69) is 30.3 Å². The molecule has 3 aliphatic carbocycles. The van der Waals surface area contributed by atoms with Gasteiger partial charge >= 0.3 is 0 Å². The molecule has 0 unspecified atom stereocenters. The van der Waals surface area contributed by atoms with Crippen molar-refractivity contribution in [3.05, 3.63) is 71.8 Å². The summed E-state index contributed by atoms with van der Waals surface area (Å²) in [6.45, 7) is 1.85. The Bertz CT molecular complexity index is 658. The fourth-order valence-electron chi connectivity index (χ4n) is 3.91. The fourth-order valence-corrected chi connectivity index (χ4v) is 3.91. The van der Waals surface area contributed by atoms with Crippen LogP contribution in [-0.2, 0) is 5.41 Å². The summed E-state index contributed by atoms with van der Waals surface area (Å²) < 4.78 is 0. The first-order valence-corrected chi connectivity index (χ1v) is 8.67. The number of hydrogen-bond donors (Lipinski definition) is 0. The second-order valence-corrected chi connectivity index (χ2v) is 7.14. The molecule has 0 spiro atoms. The van der Waals surface area contributed by atoms with Gasteiger partial charge in [0.25, 0.3) is 5.91 Å². The third kappa shape index (κ3) is 2.67. The molecule has 0 radical (unpaired) electrons. The third-order valence-corrected chi connectivity index (χ3v) is 5.59. The lowest BCUT2D eigenvalue weighted by atomic mass is 9.42. The van der Waals surface area contributed by atoms with Crippen LogP contribution < -0.4 is 0 Å². The van der Waals surface area contributed by atoms with E-state index in [1.807, 2.05) is 35.2 Å². The van der Waals surface area contributed by atoms with Crippen LogP contribution in [0.4, 0.5) is 0 Å². The first-order chi connectivity index (χ1) is 11.3. The number of rotatable bonds is 2. The Hall–Kier alpha value is -2.09. The highest BCUT2D eigenvalue weighted by atomic mass is 16.2. The van der Waals surface area contributed by atoms with E-state index in [1.165, 1.54) is 19.3 Å². The monoisotopic (exact) mass is 305 g/mol. The Balaban J connectivity index is 0.000000118. The van der Waals surface area contributed by atoms with Gasteiger partial charge in [-0.15, -0.1) is 0 Å². The highest BCUT2D eigenvalue weighted by Crippen LogP contribution is 2.64. The molecule has 0 aromatic heterocycles. The molecule has 3 saturated carbocycles. The van der Waals surface area contributed by atoms with Crippen LogP contribution in [0.3, 0.4) is 0 Å². The lowest BCUT2D eigenvalue weighted by Crippen LogP contribution is -2.55. The van der Waals surface area contributed by atoms with Gasteiger partial charge in [0.1, 0.15) is 0 Å². The highest BCUT2D eigenvalue weighted by molar-refractivity contribution is 5.94. The van der Waals surface area contributed by atoms with Gasteiger partial charge in [0, 0.05) is 18.7 Å². The van der Waals surface area contributed by atoms with E-state index in [0.29, 0.717) is 5.41 Å². The van der Waals surface area contributed by atoms with E-state index in [1.54, 1.807) is 5.56 Å². The van der Waals surface area contributed by atoms with Crippen molar-refractivity contribution in [3.63, 3.8) is 0 Å². The largest absolute Gasteiger partial charge is 0.339 e. The Morgan fingerprint density at radius 1 is 0.870 bits per heavy atom. The van der Waals surface area contributed by atoms with Crippen molar-refractivity contribution in [2.75, 3.05) is 13.1 Å². The van der Waals surface area contributed by atoms with Crippen molar-refractivity contribution in [1.29, 1.82) is 0 Å². The number of hydrogen-bond acceptors (Lipinski definition) is 1. The molecule has 2 aromatic rings. The minimum Gasteiger partial charge on any atom is -0.339 e. The number of benzene rings is 2. The van der Waals surface area contributed by atoms with Crippen molar-refractivity contribution < 1.29 is 4.79 Å². The summed E-state index contributed by atoms with van der Waals surface area (Å²) in [4.78, 5) is 13.4. The first-order valence-electron chi connectivity index (χ1n) is 8.67. The van der Waals surface area contributed by atoms with Gasteiger partial charge in [-0.3, -0.25) is 4.79 Å². The van der Waals surface area contributed by atoms with Crippen LogP contribution in [0.2, 0.25) is 0 Å². The summed E-state index contributed by atoms with van der Waals surface area (Å²) in [7, 11) is 0. The van der Waals surface area contributed by atoms with Crippen LogP contribution in [0.5, 0.6) is 0 Å². The molecule has 1 saturated heterocycles. The maximum absolute atomic E-state index is 11.6. The molecule has 4 fully saturated rings. The Labute approximate surface area is 138 Å². The Morgan fingerprint density at radius 3 is 1.87 bits per heavy atom. The van der Waals surface area contributed by atoms with Crippen LogP contribution in [0.15, 0.2) is 60.7 Å². The van der Waals surface area contributed by atoms with Gasteiger partial charge in [-0.1, -0.05) is 48.5 Å². The second-order valence-electron chi connectivity index (χ2n) is 7.14. The number of amides is 1. The lowest BCUT2D eigenvalue weighted by Gasteiger charge is -2.62. The van der Waals surface area contributed by atoms with Crippen LogP contribution >= 0.6 is 0 Å². The van der Waals surface area contributed by atoms with E-state index in [0.717, 1.165) is 31.0 Å². The summed E-state index contributed by atoms with van der Waals surface area (Å²) in [6, 6.07) is 20.4. The standard InChI is InChI=1S/C11H12.C10H11NO/c1-2-4-10(5-3-1)11-6-9(7-11)8-11;12-10(11-7-4-8-11)9-5-2-1-3-6-9/h1-5,9H,6-8H2;1-3,5-6H,4,7-8H2. The molecule has 6 rings (SSSR count). The van der Waals surface area contributed by atoms with Gasteiger partial charge in [-0.05, 0) is 54.7 Å². The maximum atomic E-state index is 11.6. The highest BCUT2D eigenvalue weighted by Gasteiger charge is 2.57. The van der Waals surface area contributed by atoms with Crippen molar-refractivity contribution in [3.8, 4) is 0 Å². The maximum Gasteiger partial charge on any atom is 0.253 e. The number of nitrogens with zero attached hydrogens (tertiary/aromatic N) is 1. The van der Waals surface area contributed by atoms with E-state index < -0.39 is 0 Å². The number of likely N-dealkylation sites (tertiary alicyclic amines) is 1. The minimum atomic E-state index is 0.168. The Kier molecular flexibility index (Phi) is 3.68. The quantitative estimate of drug-likeness (QED) is 0.811. The fraction of sp³-hybridized carbons (Fsp3) is 0.381. The average Bonchev–Trinajstić information content (AvgIpc) is 2.45. The van der Waals surface area contributed by atoms with Crippen molar-refractivity contribution in [1.82, 2.24) is 4.90 Å². The molecule has 1 amide bonds. The zero-order valence-corrected chi connectivity index (χ0v) is 13.4. The molecule has 0 atom stereocenters. The van der Waals surface area contributed by atoms with E-state index in [4.69, 9.17) is 0 Å². The van der Waals surface area contributed by atoms with E-state index in [9.17, 15) is 4.79 Å². The van der Waals surface area contributed by atoms with Crippen molar-refractivity contribution >= 4 is 5.91 Å². The van der Waals surface area contributed by atoms with Gasteiger partial charge in [-0.25, -0.2) is 0 Å². The molecule has 2 nitrogen and oxygen atoms in total. The van der Waals surface area contributed by atoms with Gasteiger partial charge in [0.15, 0.2) is 0 Å². The van der Waals surface area contributed by atoms with Gasteiger partial charge < -0.3 is 4.90 Å². The summed E-state index contributed by atoms with van der Waals surface area (Å²) in [5.74, 6) is 1.26. The summed E-state index contributed by atoms with van der Waals surface area (Å²) in [5, 5.41) is 0. The molecule has 1 heterocycles. The van der Waals surface area contributed by atoms with E-state index >= 15 is 0 Å². The van der Waals surface area contributed by atoms with Crippen LogP contribution in [0.25, 0.3) is 0 Å². The van der Waals surface area contributed by atoms with Crippen molar-refractivity contribution in [2.24, 2.45) is 5.92 Å². The summed E-state index contributed by atoms with van der Waals surface area (Å²) in [6.07, 6.45) is 5.56. The molecule has 1 aliphatic heterocycles. The van der Waals surface area contributed by atoms with Gasteiger partial charge in [0.05, 0.1) is 0 Å². The number of carbonyl (C=O) groups is 1. The molecular formula is C21H23NO. The lowest BCUT2D eigenvalue weighted by molar-refractivity contribution is -0.0273. The van der Waals surface area contributed by atoms with Gasteiger partial charge in [0.2, 0.25) is 0 Å². The summed E-state index contributed by atoms with van der Waals surface area (Å²) >= 11 is 0. The molecule has 2 bridgehead atoms. The number of carbonyl (C=O) groups excluding carboxylic acids is 1. The van der Waals surface area contributed by atoms with Crippen molar-refractivity contribution in [2.45, 2.75) is 31.1 Å². The molecule has 118 valence electrons. The minimum absolute atomic E-state index is 0.168. The molecule has 2 aromatic carbocycles. The predicted molar refractivity (Wildman–Crippen MR) is 92.4 cm³/mol. The van der Waals surface area contributed by atoms with Gasteiger partial charge in [-0.2, -0.15) is 0 Å². The SMILES string of the molecule is O=C(c1ccccc1)N1CCC1.c1ccc(C23CC(C2)C3)cc1. The normalized spacial score (nSPS) is 26.8. The zero-order chi connectivity index (χ0) is 15.7. The second kappa shape index (κ2) is 5.84. The third-order valence-electron chi connectivity index (χ3n) is 5.59. The molecule has 4 aliphatic rings. The van der Waals surface area contributed by atoms with Crippen LogP contribution in [0.1, 0.15) is 41.6 Å².